The molecular formula is C12H11ClN4O3. The molecule has 7 nitrogen and oxygen atoms in total. The van der Waals surface area contributed by atoms with Crippen molar-refractivity contribution < 1.29 is 9.66 Å². The Morgan fingerprint density at radius 1 is 1.45 bits per heavy atom. The zero-order valence-electron chi connectivity index (χ0n) is 10.8. The number of nitrogens with one attached hydrogen (secondary N) is 1. The van der Waals surface area contributed by atoms with Gasteiger partial charge in [-0.25, -0.2) is 4.98 Å². The number of aryl methyl sites for hydroxylation is 1. The van der Waals surface area contributed by atoms with Gasteiger partial charge in [0.25, 0.3) is 0 Å². The molecule has 0 bridgehead atoms. The molecule has 0 spiro atoms. The second-order valence-electron chi connectivity index (χ2n) is 3.90. The molecular weight excluding hydrogens is 284 g/mol. The van der Waals surface area contributed by atoms with E-state index in [2.05, 4.69) is 15.3 Å². The summed E-state index contributed by atoms with van der Waals surface area (Å²) in [6, 6.07) is 5.03. The van der Waals surface area contributed by atoms with Crippen LogP contribution in [0.25, 0.3) is 0 Å². The van der Waals surface area contributed by atoms with Gasteiger partial charge in [0.1, 0.15) is 11.9 Å². The third kappa shape index (κ3) is 2.94. The second kappa shape index (κ2) is 5.70. The van der Waals surface area contributed by atoms with Crippen LogP contribution in [0.4, 0.5) is 11.6 Å². The van der Waals surface area contributed by atoms with Gasteiger partial charge in [0.05, 0.1) is 4.92 Å². The van der Waals surface area contributed by atoms with Crippen LogP contribution in [0.15, 0.2) is 24.4 Å². The maximum atomic E-state index is 11.0. The quantitative estimate of drug-likeness (QED) is 0.688. The summed E-state index contributed by atoms with van der Waals surface area (Å²) in [5, 5.41) is 14.1. The van der Waals surface area contributed by atoms with Crippen LogP contribution in [-0.4, -0.2) is 21.9 Å². The molecule has 0 saturated carbocycles. The number of aromatic nitrogens is 2. The molecule has 0 amide bonds. The number of hydrogen-bond acceptors (Lipinski definition) is 6. The minimum absolute atomic E-state index is 0.139. The molecule has 0 radical (unpaired) electrons. The summed E-state index contributed by atoms with van der Waals surface area (Å²) in [5.74, 6) is 0.492. The lowest BCUT2D eigenvalue weighted by Crippen LogP contribution is -2.02. The molecule has 2 aromatic rings. The van der Waals surface area contributed by atoms with E-state index in [0.717, 1.165) is 11.8 Å². The molecule has 0 aliphatic carbocycles. The van der Waals surface area contributed by atoms with Gasteiger partial charge in [0.2, 0.25) is 5.95 Å². The summed E-state index contributed by atoms with van der Waals surface area (Å²) in [4.78, 5) is 18.1. The number of ether oxygens (including phenoxy) is 1. The number of halogens is 1. The average Bonchev–Trinajstić information content (AvgIpc) is 2.42. The lowest BCUT2D eigenvalue weighted by molar-refractivity contribution is -0.386. The van der Waals surface area contributed by atoms with E-state index in [4.69, 9.17) is 16.3 Å². The standard InChI is InChI=1S/C12H11ClN4O3/c1-7-3-4-8(13)5-10(7)20-11-9(17(18)19)6-15-12(14-2)16-11/h3-6H,1-2H3,(H,14,15,16). The van der Waals surface area contributed by atoms with E-state index in [9.17, 15) is 10.1 Å². The summed E-state index contributed by atoms with van der Waals surface area (Å²) >= 11 is 5.88. The van der Waals surface area contributed by atoms with Crippen molar-refractivity contribution in [1.29, 1.82) is 0 Å². The number of rotatable bonds is 4. The molecule has 1 aromatic carbocycles. The van der Waals surface area contributed by atoms with Crippen molar-refractivity contribution in [3.8, 4) is 11.6 Å². The van der Waals surface area contributed by atoms with Crippen LogP contribution >= 0.6 is 11.6 Å². The molecule has 0 fully saturated rings. The average molecular weight is 295 g/mol. The molecule has 20 heavy (non-hydrogen) atoms. The third-order valence-electron chi connectivity index (χ3n) is 2.51. The minimum atomic E-state index is -0.603. The number of anilines is 1. The molecule has 0 aliphatic heterocycles. The van der Waals surface area contributed by atoms with E-state index in [1.165, 1.54) is 0 Å². The van der Waals surface area contributed by atoms with Crippen molar-refractivity contribution in [1.82, 2.24) is 9.97 Å². The lowest BCUT2D eigenvalue weighted by Gasteiger charge is -2.09. The first kappa shape index (κ1) is 14.0. The van der Waals surface area contributed by atoms with Gasteiger partial charge in [0.15, 0.2) is 0 Å². The van der Waals surface area contributed by atoms with Crippen LogP contribution in [0.5, 0.6) is 11.6 Å². The third-order valence-corrected chi connectivity index (χ3v) is 2.75. The molecule has 104 valence electrons. The Morgan fingerprint density at radius 2 is 2.20 bits per heavy atom. The number of nitro groups is 1. The van der Waals surface area contributed by atoms with Gasteiger partial charge in [-0.1, -0.05) is 17.7 Å². The Labute approximate surface area is 119 Å². The molecule has 1 aromatic heterocycles. The van der Waals surface area contributed by atoms with Crippen LogP contribution in [-0.2, 0) is 0 Å². The Kier molecular flexibility index (Phi) is 3.99. The van der Waals surface area contributed by atoms with E-state index in [1.807, 2.05) is 0 Å². The fourth-order valence-electron chi connectivity index (χ4n) is 1.47. The SMILES string of the molecule is CNc1ncc([N+](=O)[O-])c(Oc2cc(Cl)ccc2C)n1. The largest absolute Gasteiger partial charge is 0.433 e. The molecule has 2 rings (SSSR count). The van der Waals surface area contributed by atoms with Gasteiger partial charge in [0, 0.05) is 12.1 Å². The zero-order valence-corrected chi connectivity index (χ0v) is 11.5. The molecule has 0 saturated heterocycles. The number of hydrogen-bond donors (Lipinski definition) is 1. The fraction of sp³-hybridized carbons (Fsp3) is 0.167. The summed E-state index contributed by atoms with van der Waals surface area (Å²) in [6.07, 6.45) is 1.09. The molecule has 1 N–H and O–H groups in total. The first-order valence-electron chi connectivity index (χ1n) is 5.64. The molecule has 0 aliphatic rings. The predicted octanol–water partition coefficient (Wildman–Crippen LogP) is 3.18. The van der Waals surface area contributed by atoms with Crippen molar-refractivity contribution >= 4 is 23.2 Å². The Bertz CT molecular complexity index is 663. The highest BCUT2D eigenvalue weighted by molar-refractivity contribution is 6.30. The predicted molar refractivity (Wildman–Crippen MR) is 74.5 cm³/mol. The fourth-order valence-corrected chi connectivity index (χ4v) is 1.63. The first-order chi connectivity index (χ1) is 9.51. The molecule has 0 unspecified atom stereocenters. The van der Waals surface area contributed by atoms with Crippen molar-refractivity contribution in [2.24, 2.45) is 0 Å². The van der Waals surface area contributed by atoms with Gasteiger partial charge in [-0.05, 0) is 24.6 Å². The smallest absolute Gasteiger partial charge is 0.349 e. The van der Waals surface area contributed by atoms with E-state index >= 15 is 0 Å². The Morgan fingerprint density at radius 3 is 2.85 bits per heavy atom. The monoisotopic (exact) mass is 294 g/mol. The van der Waals surface area contributed by atoms with Crippen molar-refractivity contribution in [2.75, 3.05) is 12.4 Å². The molecule has 1 heterocycles. The van der Waals surface area contributed by atoms with Crippen molar-refractivity contribution in [3.05, 3.63) is 45.1 Å². The van der Waals surface area contributed by atoms with Gasteiger partial charge < -0.3 is 10.1 Å². The van der Waals surface area contributed by atoms with E-state index in [-0.39, 0.29) is 17.5 Å². The van der Waals surface area contributed by atoms with Crippen LogP contribution in [0.3, 0.4) is 0 Å². The Hall–Kier alpha value is -2.41. The maximum absolute atomic E-state index is 11.0. The van der Waals surface area contributed by atoms with Crippen LogP contribution in [0.2, 0.25) is 5.02 Å². The van der Waals surface area contributed by atoms with Crippen molar-refractivity contribution in [2.45, 2.75) is 6.92 Å². The van der Waals surface area contributed by atoms with Crippen molar-refractivity contribution in [3.63, 3.8) is 0 Å². The van der Waals surface area contributed by atoms with Crippen LogP contribution < -0.4 is 10.1 Å². The van der Waals surface area contributed by atoms with Crippen LogP contribution in [0, 0.1) is 17.0 Å². The van der Waals surface area contributed by atoms with Gasteiger partial charge in [-0.2, -0.15) is 4.98 Å². The lowest BCUT2D eigenvalue weighted by atomic mass is 10.2. The van der Waals surface area contributed by atoms with Gasteiger partial charge >= 0.3 is 11.6 Å². The number of nitrogens with zero attached hydrogens (tertiary/aromatic N) is 3. The normalized spacial score (nSPS) is 10.2. The highest BCUT2D eigenvalue weighted by atomic mass is 35.5. The summed E-state index contributed by atoms with van der Waals surface area (Å²) < 4.78 is 5.51. The summed E-state index contributed by atoms with van der Waals surface area (Å²) in [5.41, 5.74) is 0.469. The van der Waals surface area contributed by atoms with Gasteiger partial charge in [-0.3, -0.25) is 10.1 Å². The van der Waals surface area contributed by atoms with Gasteiger partial charge in [-0.15, -0.1) is 0 Å². The molecule has 8 heteroatoms. The van der Waals surface area contributed by atoms with E-state index < -0.39 is 4.92 Å². The number of benzene rings is 1. The zero-order chi connectivity index (χ0) is 14.7. The maximum Gasteiger partial charge on any atom is 0.349 e. The highest BCUT2D eigenvalue weighted by Gasteiger charge is 2.20. The summed E-state index contributed by atoms with van der Waals surface area (Å²) in [7, 11) is 1.61. The van der Waals surface area contributed by atoms with E-state index in [1.54, 1.807) is 32.2 Å². The first-order valence-corrected chi connectivity index (χ1v) is 6.02. The summed E-state index contributed by atoms with van der Waals surface area (Å²) in [6.45, 7) is 1.80. The minimum Gasteiger partial charge on any atom is -0.433 e. The van der Waals surface area contributed by atoms with Crippen LogP contribution in [0.1, 0.15) is 5.56 Å². The van der Waals surface area contributed by atoms with E-state index in [0.29, 0.717) is 10.8 Å². The molecule has 0 atom stereocenters. The Balaban J connectivity index is 2.45. The highest BCUT2D eigenvalue weighted by Crippen LogP contribution is 2.32. The topological polar surface area (TPSA) is 90.2 Å². The second-order valence-corrected chi connectivity index (χ2v) is 4.34.